The molecule has 0 radical (unpaired) electrons. The molecule has 1 N–H and O–H groups in total. The van der Waals surface area contributed by atoms with Crippen molar-refractivity contribution in [3.8, 4) is 0 Å². The lowest BCUT2D eigenvalue weighted by Crippen LogP contribution is -2.08. The van der Waals surface area contributed by atoms with Gasteiger partial charge in [0.1, 0.15) is 16.8 Å². The van der Waals surface area contributed by atoms with Crippen LogP contribution in [0.5, 0.6) is 0 Å². The summed E-state index contributed by atoms with van der Waals surface area (Å²) < 4.78 is 0. The van der Waals surface area contributed by atoms with E-state index in [1.54, 1.807) is 6.20 Å². The highest BCUT2D eigenvalue weighted by Gasteiger charge is 2.27. The van der Waals surface area contributed by atoms with E-state index in [2.05, 4.69) is 27.2 Å². The van der Waals surface area contributed by atoms with Crippen LogP contribution in [0.2, 0.25) is 5.15 Å². The molecular weight excluding hydrogens is 272 g/mol. The molecule has 0 saturated heterocycles. The molecule has 0 amide bonds. The highest BCUT2D eigenvalue weighted by Crippen LogP contribution is 2.39. The van der Waals surface area contributed by atoms with Crippen molar-refractivity contribution in [1.82, 2.24) is 15.0 Å². The summed E-state index contributed by atoms with van der Waals surface area (Å²) >= 11 is 6.20. The number of hydrogen-bond donors (Lipinski definition) is 1. The van der Waals surface area contributed by atoms with E-state index in [4.69, 9.17) is 11.6 Å². The van der Waals surface area contributed by atoms with Gasteiger partial charge in [0.25, 0.3) is 0 Å². The SMILES string of the molecule is Cc1cnccc1CNc1nc(C2CC2)nc(Cl)c1C. The Morgan fingerprint density at radius 3 is 2.80 bits per heavy atom. The van der Waals surface area contributed by atoms with Crippen LogP contribution in [0.15, 0.2) is 18.5 Å². The number of rotatable bonds is 4. The van der Waals surface area contributed by atoms with E-state index in [1.165, 1.54) is 24.0 Å². The Balaban J connectivity index is 1.81. The first-order chi connectivity index (χ1) is 9.65. The molecule has 2 heterocycles. The van der Waals surface area contributed by atoms with Crippen molar-refractivity contribution in [2.75, 3.05) is 5.32 Å². The first-order valence-corrected chi connectivity index (χ1v) is 7.20. The Labute approximate surface area is 123 Å². The normalized spacial score (nSPS) is 14.3. The summed E-state index contributed by atoms with van der Waals surface area (Å²) in [6.07, 6.45) is 6.01. The molecule has 20 heavy (non-hydrogen) atoms. The van der Waals surface area contributed by atoms with Crippen molar-refractivity contribution in [2.24, 2.45) is 0 Å². The maximum Gasteiger partial charge on any atom is 0.137 e. The molecule has 0 bridgehead atoms. The van der Waals surface area contributed by atoms with E-state index in [9.17, 15) is 0 Å². The van der Waals surface area contributed by atoms with Gasteiger partial charge >= 0.3 is 0 Å². The maximum atomic E-state index is 6.20. The third-order valence-corrected chi connectivity index (χ3v) is 4.00. The second-order valence-electron chi connectivity index (χ2n) is 5.28. The quantitative estimate of drug-likeness (QED) is 0.873. The van der Waals surface area contributed by atoms with E-state index < -0.39 is 0 Å². The summed E-state index contributed by atoms with van der Waals surface area (Å²) in [6, 6.07) is 2.02. The number of hydrogen-bond acceptors (Lipinski definition) is 4. The van der Waals surface area contributed by atoms with E-state index in [0.29, 0.717) is 17.6 Å². The van der Waals surface area contributed by atoms with Gasteiger partial charge in [0, 0.05) is 30.4 Å². The zero-order valence-electron chi connectivity index (χ0n) is 11.7. The lowest BCUT2D eigenvalue weighted by molar-refractivity contribution is 0.910. The fourth-order valence-electron chi connectivity index (χ4n) is 2.08. The predicted octanol–water partition coefficient (Wildman–Crippen LogP) is 3.63. The lowest BCUT2D eigenvalue weighted by atomic mass is 10.1. The Bertz CT molecular complexity index is 638. The van der Waals surface area contributed by atoms with Crippen LogP contribution in [0.1, 0.15) is 41.3 Å². The van der Waals surface area contributed by atoms with Crippen LogP contribution in [0.3, 0.4) is 0 Å². The second-order valence-corrected chi connectivity index (χ2v) is 5.63. The highest BCUT2D eigenvalue weighted by atomic mass is 35.5. The average Bonchev–Trinajstić information content (AvgIpc) is 3.26. The van der Waals surface area contributed by atoms with Gasteiger partial charge < -0.3 is 5.32 Å². The number of nitrogens with one attached hydrogen (secondary N) is 1. The van der Waals surface area contributed by atoms with Crippen molar-refractivity contribution < 1.29 is 0 Å². The van der Waals surface area contributed by atoms with Gasteiger partial charge in [0.2, 0.25) is 0 Å². The van der Waals surface area contributed by atoms with Gasteiger partial charge in [-0.1, -0.05) is 11.6 Å². The molecule has 104 valence electrons. The number of aryl methyl sites for hydroxylation is 1. The summed E-state index contributed by atoms with van der Waals surface area (Å²) in [4.78, 5) is 13.1. The van der Waals surface area contributed by atoms with Crippen molar-refractivity contribution in [1.29, 1.82) is 0 Å². The van der Waals surface area contributed by atoms with Crippen molar-refractivity contribution in [2.45, 2.75) is 39.2 Å². The molecule has 0 atom stereocenters. The topological polar surface area (TPSA) is 50.7 Å². The third kappa shape index (κ3) is 2.75. The van der Waals surface area contributed by atoms with E-state index in [-0.39, 0.29) is 0 Å². The minimum atomic E-state index is 0.497. The van der Waals surface area contributed by atoms with E-state index in [1.807, 2.05) is 19.2 Å². The van der Waals surface area contributed by atoms with Crippen LogP contribution in [-0.4, -0.2) is 15.0 Å². The number of pyridine rings is 1. The number of nitrogens with zero attached hydrogens (tertiary/aromatic N) is 3. The van der Waals surface area contributed by atoms with E-state index in [0.717, 1.165) is 17.2 Å². The minimum Gasteiger partial charge on any atom is -0.366 e. The monoisotopic (exact) mass is 288 g/mol. The fraction of sp³-hybridized carbons (Fsp3) is 0.400. The molecule has 4 nitrogen and oxygen atoms in total. The predicted molar refractivity (Wildman–Crippen MR) is 80.1 cm³/mol. The smallest absolute Gasteiger partial charge is 0.137 e. The van der Waals surface area contributed by atoms with Gasteiger partial charge in [-0.25, -0.2) is 9.97 Å². The summed E-state index contributed by atoms with van der Waals surface area (Å²) in [5.41, 5.74) is 3.28. The molecule has 0 spiro atoms. The largest absolute Gasteiger partial charge is 0.366 e. The first-order valence-electron chi connectivity index (χ1n) is 6.82. The van der Waals surface area contributed by atoms with Crippen LogP contribution in [-0.2, 0) is 6.54 Å². The lowest BCUT2D eigenvalue weighted by Gasteiger charge is -2.12. The van der Waals surface area contributed by atoms with Gasteiger partial charge in [0.15, 0.2) is 0 Å². The van der Waals surface area contributed by atoms with Gasteiger partial charge in [0.05, 0.1) is 0 Å². The molecular formula is C15H17ClN4. The van der Waals surface area contributed by atoms with Crippen LogP contribution in [0.25, 0.3) is 0 Å². The zero-order valence-corrected chi connectivity index (χ0v) is 12.4. The van der Waals surface area contributed by atoms with Crippen LogP contribution in [0, 0.1) is 13.8 Å². The third-order valence-electron chi connectivity index (χ3n) is 3.63. The number of halogens is 1. The van der Waals surface area contributed by atoms with Crippen LogP contribution >= 0.6 is 11.6 Å². The Morgan fingerprint density at radius 2 is 2.10 bits per heavy atom. The molecule has 1 fully saturated rings. The summed E-state index contributed by atoms with van der Waals surface area (Å²) in [5.74, 6) is 2.20. The Kier molecular flexibility index (Phi) is 3.57. The van der Waals surface area contributed by atoms with Crippen molar-refractivity contribution >= 4 is 17.4 Å². The minimum absolute atomic E-state index is 0.497. The summed E-state index contributed by atoms with van der Waals surface area (Å²) in [6.45, 7) is 4.72. The number of anilines is 1. The fourth-order valence-corrected chi connectivity index (χ4v) is 2.26. The van der Waals surface area contributed by atoms with Crippen molar-refractivity contribution in [3.05, 3.63) is 46.1 Å². The molecule has 2 aromatic heterocycles. The Morgan fingerprint density at radius 1 is 1.30 bits per heavy atom. The molecule has 1 aliphatic rings. The molecule has 5 heteroatoms. The maximum absolute atomic E-state index is 6.20. The highest BCUT2D eigenvalue weighted by molar-refractivity contribution is 6.30. The van der Waals surface area contributed by atoms with Gasteiger partial charge in [-0.2, -0.15) is 0 Å². The molecule has 1 saturated carbocycles. The molecule has 3 rings (SSSR count). The van der Waals surface area contributed by atoms with Gasteiger partial charge in [-0.05, 0) is 43.9 Å². The summed E-state index contributed by atoms with van der Waals surface area (Å²) in [7, 11) is 0. The van der Waals surface area contributed by atoms with Crippen LogP contribution in [0.4, 0.5) is 5.82 Å². The van der Waals surface area contributed by atoms with E-state index >= 15 is 0 Å². The molecule has 2 aromatic rings. The van der Waals surface area contributed by atoms with Gasteiger partial charge in [-0.3, -0.25) is 4.98 Å². The molecule has 0 aromatic carbocycles. The Hall–Kier alpha value is -1.68. The summed E-state index contributed by atoms with van der Waals surface area (Å²) in [5, 5.41) is 3.92. The van der Waals surface area contributed by atoms with Gasteiger partial charge in [-0.15, -0.1) is 0 Å². The average molecular weight is 289 g/mol. The standard InChI is InChI=1S/C15H17ClN4/c1-9-7-17-6-5-12(9)8-18-14-10(2)13(16)19-15(20-14)11-3-4-11/h5-7,11H,3-4,8H2,1-2H3,(H,18,19,20). The molecule has 0 unspecified atom stereocenters. The molecule has 0 aliphatic heterocycles. The second kappa shape index (κ2) is 5.37. The van der Waals surface area contributed by atoms with Crippen molar-refractivity contribution in [3.63, 3.8) is 0 Å². The van der Waals surface area contributed by atoms with Crippen LogP contribution < -0.4 is 5.32 Å². The first kappa shape index (κ1) is 13.3. The molecule has 1 aliphatic carbocycles. The zero-order chi connectivity index (χ0) is 14.1. The number of aromatic nitrogens is 3.